The number of hydrogen-bond acceptors (Lipinski definition) is 5. The van der Waals surface area contributed by atoms with Gasteiger partial charge in [0.15, 0.2) is 5.60 Å². The zero-order valence-corrected chi connectivity index (χ0v) is 18.3. The largest absolute Gasteiger partial charge is 0.476 e. The van der Waals surface area contributed by atoms with Crippen molar-refractivity contribution >= 4 is 23.4 Å². The second kappa shape index (κ2) is 9.04. The normalized spacial score (nSPS) is 20.2. The van der Waals surface area contributed by atoms with Crippen molar-refractivity contribution < 1.29 is 19.1 Å². The van der Waals surface area contributed by atoms with E-state index in [9.17, 15) is 14.4 Å². The first-order chi connectivity index (χ1) is 14.2. The van der Waals surface area contributed by atoms with Crippen molar-refractivity contribution in [2.45, 2.75) is 58.6 Å². The summed E-state index contributed by atoms with van der Waals surface area (Å²) >= 11 is 0. The van der Waals surface area contributed by atoms with E-state index in [0.29, 0.717) is 36.5 Å². The highest BCUT2D eigenvalue weighted by Crippen LogP contribution is 2.39. The molecule has 0 bridgehead atoms. The van der Waals surface area contributed by atoms with Crippen molar-refractivity contribution in [3.8, 4) is 5.75 Å². The highest BCUT2D eigenvalue weighted by atomic mass is 16.5. The van der Waals surface area contributed by atoms with E-state index in [-0.39, 0.29) is 23.8 Å². The molecule has 3 rings (SSSR count). The van der Waals surface area contributed by atoms with Gasteiger partial charge in [0.05, 0.1) is 5.69 Å². The van der Waals surface area contributed by atoms with Gasteiger partial charge in [0.1, 0.15) is 5.75 Å². The second-order valence-electron chi connectivity index (χ2n) is 8.42. The fraction of sp³-hybridized carbons (Fsp3) is 0.591. The van der Waals surface area contributed by atoms with Gasteiger partial charge in [-0.05, 0) is 57.9 Å². The number of carbonyl (C=O) groups excluding carboxylic acids is 3. The lowest BCUT2D eigenvalue weighted by atomic mass is 9.99. The first kappa shape index (κ1) is 22.1. The molecule has 0 unspecified atom stereocenters. The van der Waals surface area contributed by atoms with Gasteiger partial charge in [-0.25, -0.2) is 0 Å². The molecule has 0 radical (unpaired) electrons. The number of nitrogens with one attached hydrogen (secondary N) is 3. The van der Waals surface area contributed by atoms with Crippen LogP contribution in [0.5, 0.6) is 5.75 Å². The van der Waals surface area contributed by atoms with Crippen LogP contribution in [0.3, 0.4) is 0 Å². The number of rotatable bonds is 6. The van der Waals surface area contributed by atoms with Gasteiger partial charge in [-0.15, -0.1) is 0 Å². The molecule has 2 aliphatic rings. The van der Waals surface area contributed by atoms with E-state index in [4.69, 9.17) is 4.74 Å². The second-order valence-corrected chi connectivity index (χ2v) is 8.42. The Balaban J connectivity index is 1.86. The number of ether oxygens (including phenoxy) is 1. The van der Waals surface area contributed by atoms with Crippen LogP contribution in [0.4, 0.5) is 5.69 Å². The molecule has 2 aliphatic heterocycles. The summed E-state index contributed by atoms with van der Waals surface area (Å²) in [5.74, 6) is 0.142. The molecule has 1 atom stereocenters. The van der Waals surface area contributed by atoms with E-state index >= 15 is 0 Å². The minimum atomic E-state index is -1.02. The molecule has 1 aromatic carbocycles. The fourth-order valence-corrected chi connectivity index (χ4v) is 3.85. The molecule has 0 spiro atoms. The zero-order valence-electron chi connectivity index (χ0n) is 18.3. The van der Waals surface area contributed by atoms with Gasteiger partial charge in [-0.3, -0.25) is 14.4 Å². The molecule has 0 saturated carbocycles. The van der Waals surface area contributed by atoms with Gasteiger partial charge in [0.2, 0.25) is 5.91 Å². The van der Waals surface area contributed by atoms with Crippen LogP contribution >= 0.6 is 0 Å². The van der Waals surface area contributed by atoms with Gasteiger partial charge in [-0.2, -0.15) is 0 Å². The topological polar surface area (TPSA) is 99.8 Å². The molecule has 8 nitrogen and oxygen atoms in total. The third-order valence-corrected chi connectivity index (χ3v) is 5.58. The molecule has 1 fully saturated rings. The van der Waals surface area contributed by atoms with Gasteiger partial charge >= 0.3 is 0 Å². The molecular formula is C22H32N4O4. The predicted molar refractivity (Wildman–Crippen MR) is 115 cm³/mol. The third-order valence-electron chi connectivity index (χ3n) is 5.58. The van der Waals surface area contributed by atoms with Crippen LogP contribution in [0.2, 0.25) is 0 Å². The number of nitrogens with zero attached hydrogens (tertiary/aromatic N) is 1. The van der Waals surface area contributed by atoms with E-state index in [1.807, 2.05) is 13.0 Å². The molecule has 3 N–H and O–H groups in total. The summed E-state index contributed by atoms with van der Waals surface area (Å²) in [6.07, 6.45) is 2.36. The number of carbonyl (C=O) groups is 3. The Morgan fingerprint density at radius 3 is 2.77 bits per heavy atom. The number of hydrogen-bond donors (Lipinski definition) is 3. The Kier molecular flexibility index (Phi) is 6.65. The van der Waals surface area contributed by atoms with Crippen LogP contribution in [0.1, 0.15) is 56.0 Å². The van der Waals surface area contributed by atoms with Crippen molar-refractivity contribution in [2.24, 2.45) is 0 Å². The van der Waals surface area contributed by atoms with E-state index in [2.05, 4.69) is 16.0 Å². The molecule has 8 heteroatoms. The maximum Gasteiger partial charge on any atom is 0.270 e. The lowest BCUT2D eigenvalue weighted by Gasteiger charge is -2.39. The van der Waals surface area contributed by atoms with Gasteiger partial charge in [0, 0.05) is 37.7 Å². The Labute approximate surface area is 177 Å². The SMILES string of the molecule is CCC(=O)NCCN1C(=O)C(C)(C)Oc2cc(C)c(C(=O)N[C@@H]3CCCNC3)cc21. The summed E-state index contributed by atoms with van der Waals surface area (Å²) in [7, 11) is 0. The molecule has 164 valence electrons. The Bertz CT molecular complexity index is 831. The van der Waals surface area contributed by atoms with Crippen LogP contribution < -0.4 is 25.6 Å². The third kappa shape index (κ3) is 4.75. The number of piperidine rings is 1. The number of fused-ring (bicyclic) bond motifs is 1. The van der Waals surface area contributed by atoms with Gasteiger partial charge in [0.25, 0.3) is 11.8 Å². The predicted octanol–water partition coefficient (Wildman–Crippen LogP) is 1.51. The van der Waals surface area contributed by atoms with Gasteiger partial charge in [-0.1, -0.05) is 6.92 Å². The van der Waals surface area contributed by atoms with E-state index < -0.39 is 5.60 Å². The average Bonchev–Trinajstić information content (AvgIpc) is 2.70. The van der Waals surface area contributed by atoms with Crippen LogP contribution in [-0.2, 0) is 9.59 Å². The smallest absolute Gasteiger partial charge is 0.270 e. The van der Waals surface area contributed by atoms with Crippen LogP contribution in [0, 0.1) is 6.92 Å². The molecular weight excluding hydrogens is 384 g/mol. The Hall–Kier alpha value is -2.61. The number of amides is 3. The zero-order chi connectivity index (χ0) is 21.9. The summed E-state index contributed by atoms with van der Waals surface area (Å²) in [5, 5.41) is 9.18. The Morgan fingerprint density at radius 1 is 1.33 bits per heavy atom. The number of aryl methyl sites for hydroxylation is 1. The standard InChI is InChI=1S/C22H32N4O4/c1-5-19(27)24-9-10-26-17-12-16(20(28)25-15-7-6-8-23-13-15)14(2)11-18(17)30-22(3,4)21(26)29/h11-12,15,23H,5-10,13H2,1-4H3,(H,24,27)(H,25,28)/t15-/m1/s1. The molecule has 3 amide bonds. The van der Waals surface area contributed by atoms with Crippen LogP contribution in [0.15, 0.2) is 12.1 Å². The minimum Gasteiger partial charge on any atom is -0.476 e. The molecule has 2 heterocycles. The van der Waals surface area contributed by atoms with Crippen molar-refractivity contribution in [3.05, 3.63) is 23.3 Å². The van der Waals surface area contributed by atoms with E-state index in [1.54, 1.807) is 31.7 Å². The summed E-state index contributed by atoms with van der Waals surface area (Å²) < 4.78 is 5.96. The lowest BCUT2D eigenvalue weighted by molar-refractivity contribution is -0.132. The maximum atomic E-state index is 13.0. The summed E-state index contributed by atoms with van der Waals surface area (Å²) in [5.41, 5.74) is 0.853. The highest BCUT2D eigenvalue weighted by molar-refractivity contribution is 6.05. The first-order valence-corrected chi connectivity index (χ1v) is 10.7. The highest BCUT2D eigenvalue weighted by Gasteiger charge is 2.41. The van der Waals surface area contributed by atoms with Crippen molar-refractivity contribution in [1.29, 1.82) is 0 Å². The van der Waals surface area contributed by atoms with Crippen LogP contribution in [0.25, 0.3) is 0 Å². The summed E-state index contributed by atoms with van der Waals surface area (Å²) in [4.78, 5) is 39.1. The molecule has 1 aromatic rings. The monoisotopic (exact) mass is 416 g/mol. The molecule has 0 aliphatic carbocycles. The van der Waals surface area contributed by atoms with E-state index in [1.165, 1.54) is 0 Å². The quantitative estimate of drug-likeness (QED) is 0.653. The fourth-order valence-electron chi connectivity index (χ4n) is 3.85. The van der Waals surface area contributed by atoms with E-state index in [0.717, 1.165) is 31.5 Å². The Morgan fingerprint density at radius 2 is 2.10 bits per heavy atom. The van der Waals surface area contributed by atoms with Crippen molar-refractivity contribution in [2.75, 3.05) is 31.1 Å². The summed E-state index contributed by atoms with van der Waals surface area (Å²) in [6, 6.07) is 3.64. The number of benzene rings is 1. The van der Waals surface area contributed by atoms with Crippen LogP contribution in [-0.4, -0.2) is 55.5 Å². The molecule has 30 heavy (non-hydrogen) atoms. The minimum absolute atomic E-state index is 0.0692. The first-order valence-electron chi connectivity index (χ1n) is 10.7. The molecule has 1 saturated heterocycles. The lowest BCUT2D eigenvalue weighted by Crippen LogP contribution is -2.54. The maximum absolute atomic E-state index is 13.0. The van der Waals surface area contributed by atoms with Gasteiger partial charge < -0.3 is 25.6 Å². The molecule has 0 aromatic heterocycles. The number of anilines is 1. The average molecular weight is 417 g/mol. The van der Waals surface area contributed by atoms with Crippen molar-refractivity contribution in [3.63, 3.8) is 0 Å². The van der Waals surface area contributed by atoms with Crippen molar-refractivity contribution in [1.82, 2.24) is 16.0 Å². The summed E-state index contributed by atoms with van der Waals surface area (Å²) in [6.45, 7) is 9.47.